The Balaban J connectivity index is 0.000000137. The Morgan fingerprint density at radius 1 is 0.378 bits per heavy atom. The molecule has 8 N–H and O–H groups in total. The van der Waals surface area contributed by atoms with E-state index < -0.39 is 0 Å². The van der Waals surface area contributed by atoms with Crippen molar-refractivity contribution in [1.82, 2.24) is 91.8 Å². The van der Waals surface area contributed by atoms with E-state index >= 15 is 0 Å². The number of hydrogen-bond acceptors (Lipinski definition) is 20. The molecule has 18 rings (SSSR count). The SMILES string of the molecule is CC(C)N1CCN(C(=O)c2ccc(Nc3ccc(-c4cc[nH]c(=O)c4)n4ccnc34)cc2)CC1.CCCN(CCC)C(=O)c1ccc(Nc2ccc(-c3cc[nH]c(=O)c3)n3ccnc23)cc1.CCN(C)CCN(CC)C(=O)c1ccc(Nc2ccc(-c3cc[nH]c(=O)c3)n3ccnc23)cc1.COCCN1CCN(C(=O)c2ccc(Nc3ccc(-c4cc[nH]c(=O)c4)n4ccnc34)cc2)CC1. The van der Waals surface area contributed by atoms with Gasteiger partial charge in [-0.05, 0) is 217 Å². The van der Waals surface area contributed by atoms with Gasteiger partial charge in [0.2, 0.25) is 22.2 Å². The van der Waals surface area contributed by atoms with Crippen LogP contribution in [0, 0.1) is 0 Å². The van der Waals surface area contributed by atoms with Crippen LogP contribution in [0.25, 0.3) is 67.6 Å². The molecular weight excluding hydrogens is 1700 g/mol. The number of hydrogen-bond donors (Lipinski definition) is 8. The number of benzene rings is 4. The van der Waals surface area contributed by atoms with Crippen LogP contribution in [-0.2, 0) is 4.74 Å². The molecule has 4 aromatic carbocycles. The summed E-state index contributed by atoms with van der Waals surface area (Å²) in [5.41, 5.74) is 18.7. The zero-order valence-corrected chi connectivity index (χ0v) is 77.1. The van der Waals surface area contributed by atoms with Gasteiger partial charge in [-0.15, -0.1) is 0 Å². The minimum Gasteiger partial charge on any atom is -0.383 e. The standard InChI is InChI=1S/C26H28N6O3.C26H28N6O2.C26H30N6O2.C25H27N5O2/c1-35-17-16-30-12-14-31(15-13-30)26(34)19-2-4-21(5-3-19)29-22-6-7-23(32-11-10-28-25(22)32)20-8-9-27-24(33)18-20;1-18(2)30-13-15-31(16-14-30)26(34)19-3-5-21(6-4-19)29-22-7-8-23(32-12-11-28-25(22)32)20-9-10-27-24(33)17-20;1-4-30(3)16-17-31(5-2)26(34)19-6-8-21(9-7-19)29-22-10-11-23(32-15-14-28-25(22)32)20-12-13-27-24(33)18-20;1-3-14-29(15-4-2)25(32)18-5-7-20(8-6-18)28-21-9-10-22(30-16-13-27-24(21)30)19-11-12-26-23(31)17-19/h2-11,18,29H,12-17H2,1H3,(H,27,33);3-12,17-18,29H,13-16H2,1-2H3,(H,27,33);6-15,18,29H,4-5,16-17H2,1-3H3,(H,27,33);5-13,16-17,28H,3-4,14-15H2,1-2H3,(H,26,31). The summed E-state index contributed by atoms with van der Waals surface area (Å²) < 4.78 is 12.9. The average Bonchev–Trinajstić information content (AvgIpc) is 1.70. The molecule has 0 radical (unpaired) electrons. The van der Waals surface area contributed by atoms with E-state index in [1.807, 2.05) is 239 Å². The summed E-state index contributed by atoms with van der Waals surface area (Å²) in [6.07, 6.45) is 22.8. The minimum atomic E-state index is -0.152. The number of amides is 4. The fourth-order valence-corrected chi connectivity index (χ4v) is 16.5. The number of fused-ring (bicyclic) bond motifs is 4. The molecule has 0 aliphatic carbocycles. The Morgan fingerprint density at radius 2 is 0.689 bits per heavy atom. The molecule has 12 aromatic heterocycles. The van der Waals surface area contributed by atoms with E-state index in [2.05, 4.69) is 118 Å². The Labute approximate surface area is 781 Å². The Kier molecular flexibility index (Phi) is 31.0. The summed E-state index contributed by atoms with van der Waals surface area (Å²) in [4.78, 5) is 142. The van der Waals surface area contributed by atoms with Crippen LogP contribution in [0.2, 0.25) is 0 Å². The number of pyridine rings is 8. The summed E-state index contributed by atoms with van der Waals surface area (Å²) in [6.45, 7) is 25.5. The number of carbonyl (C=O) groups excluding carboxylic acids is 4. The van der Waals surface area contributed by atoms with Gasteiger partial charge in [0, 0.05) is 271 Å². The van der Waals surface area contributed by atoms with Crippen molar-refractivity contribution in [2.45, 2.75) is 60.4 Å². The summed E-state index contributed by atoms with van der Waals surface area (Å²) in [7, 11) is 3.76. The number of likely N-dealkylation sites (N-methyl/N-ethyl adjacent to an activating group) is 2. The fourth-order valence-electron chi connectivity index (χ4n) is 16.5. The Morgan fingerprint density at radius 3 is 0.978 bits per heavy atom. The zero-order chi connectivity index (χ0) is 94.4. The molecule has 16 aromatic rings. The van der Waals surface area contributed by atoms with Crippen molar-refractivity contribution >= 4 is 91.7 Å². The third kappa shape index (κ3) is 23.1. The van der Waals surface area contributed by atoms with Gasteiger partial charge in [-0.2, -0.15) is 0 Å². The van der Waals surface area contributed by atoms with E-state index in [0.29, 0.717) is 48.0 Å². The molecule has 14 heterocycles. The van der Waals surface area contributed by atoms with Crippen LogP contribution in [0.3, 0.4) is 0 Å². The molecule has 135 heavy (non-hydrogen) atoms. The number of aromatic nitrogens is 12. The monoisotopic (exact) mass is 1820 g/mol. The van der Waals surface area contributed by atoms with Gasteiger partial charge in [0.1, 0.15) is 0 Å². The molecule has 2 aliphatic rings. The number of nitrogens with zero attached hydrogens (tertiary/aromatic N) is 15. The van der Waals surface area contributed by atoms with E-state index in [9.17, 15) is 38.4 Å². The number of aromatic amines is 4. The summed E-state index contributed by atoms with van der Waals surface area (Å²) in [6, 6.07) is 60.0. The van der Waals surface area contributed by atoms with E-state index in [1.165, 1.54) is 0 Å². The lowest BCUT2D eigenvalue weighted by Gasteiger charge is -2.37. The maximum atomic E-state index is 13.0. The van der Waals surface area contributed by atoms with Crippen LogP contribution in [0.1, 0.15) is 95.8 Å². The first-order valence-electron chi connectivity index (χ1n) is 45.6. The van der Waals surface area contributed by atoms with Gasteiger partial charge in [-0.1, -0.05) is 20.8 Å². The third-order valence-corrected chi connectivity index (χ3v) is 24.0. The highest BCUT2D eigenvalue weighted by Gasteiger charge is 2.27. The average molecular weight is 1820 g/mol. The van der Waals surface area contributed by atoms with Crippen molar-refractivity contribution in [3.8, 4) is 45.0 Å². The summed E-state index contributed by atoms with van der Waals surface area (Å²) >= 11 is 0. The molecule has 32 heteroatoms. The Hall–Kier alpha value is -15.6. The van der Waals surface area contributed by atoms with Crippen LogP contribution in [0.15, 0.2) is 288 Å². The maximum absolute atomic E-state index is 13.0. The zero-order valence-electron chi connectivity index (χ0n) is 77.1. The van der Waals surface area contributed by atoms with Gasteiger partial charge in [0.25, 0.3) is 23.6 Å². The number of H-pyrrole nitrogens is 4. The van der Waals surface area contributed by atoms with Gasteiger partial charge >= 0.3 is 0 Å². The lowest BCUT2D eigenvalue weighted by atomic mass is 10.1. The quantitative estimate of drug-likeness (QED) is 0.0216. The van der Waals surface area contributed by atoms with Gasteiger partial charge in [0.15, 0.2) is 22.6 Å². The molecule has 0 spiro atoms. The molecular formula is C103H113N23O9. The smallest absolute Gasteiger partial charge is 0.253 e. The topological polar surface area (TPSA) is 349 Å². The van der Waals surface area contributed by atoms with E-state index in [1.54, 1.807) is 81.0 Å². The number of rotatable bonds is 29. The lowest BCUT2D eigenvalue weighted by molar-refractivity contribution is 0.0589. The first-order chi connectivity index (χ1) is 65.7. The summed E-state index contributed by atoms with van der Waals surface area (Å²) in [5.74, 6) is 0.239. The highest BCUT2D eigenvalue weighted by Crippen LogP contribution is 2.33. The lowest BCUT2D eigenvalue weighted by Crippen LogP contribution is -2.50. The van der Waals surface area contributed by atoms with Crippen molar-refractivity contribution in [3.63, 3.8) is 0 Å². The normalized spacial score (nSPS) is 12.8. The van der Waals surface area contributed by atoms with Crippen LogP contribution < -0.4 is 43.5 Å². The second kappa shape index (κ2) is 44.5. The number of imidazole rings is 4. The van der Waals surface area contributed by atoms with Gasteiger partial charge in [-0.25, -0.2) is 19.9 Å². The molecule has 2 fully saturated rings. The first-order valence-corrected chi connectivity index (χ1v) is 45.6. The molecule has 0 atom stereocenters. The second-order valence-corrected chi connectivity index (χ2v) is 33.2. The maximum Gasteiger partial charge on any atom is 0.253 e. The molecule has 4 amide bonds. The van der Waals surface area contributed by atoms with E-state index in [0.717, 1.165) is 211 Å². The number of ether oxygens (including phenoxy) is 1. The van der Waals surface area contributed by atoms with Crippen molar-refractivity contribution in [3.05, 3.63) is 332 Å². The van der Waals surface area contributed by atoms with Gasteiger partial charge < -0.3 is 70.4 Å². The number of methoxy groups -OCH3 is 1. The van der Waals surface area contributed by atoms with Crippen LogP contribution in [0.4, 0.5) is 45.5 Å². The van der Waals surface area contributed by atoms with Gasteiger partial charge in [-0.3, -0.25) is 65.8 Å². The van der Waals surface area contributed by atoms with Crippen LogP contribution in [-0.4, -0.2) is 240 Å². The highest BCUT2D eigenvalue weighted by molar-refractivity contribution is 5.97. The first kappa shape index (κ1) is 94.0. The molecule has 694 valence electrons. The number of carbonyl (C=O) groups is 4. The molecule has 0 bridgehead atoms. The van der Waals surface area contributed by atoms with E-state index in [-0.39, 0.29) is 45.9 Å². The molecule has 0 saturated carbocycles. The number of anilines is 8. The summed E-state index contributed by atoms with van der Waals surface area (Å²) in [5, 5.41) is 13.6. The van der Waals surface area contributed by atoms with Crippen molar-refractivity contribution in [1.29, 1.82) is 0 Å². The second-order valence-electron chi connectivity index (χ2n) is 33.2. The molecule has 32 nitrogen and oxygen atoms in total. The Bertz CT molecular complexity index is 6990. The van der Waals surface area contributed by atoms with Crippen molar-refractivity contribution < 1.29 is 23.9 Å². The number of piperazine rings is 2. The largest absolute Gasteiger partial charge is 0.383 e. The third-order valence-electron chi connectivity index (χ3n) is 24.0. The highest BCUT2D eigenvalue weighted by atomic mass is 16.5. The molecule has 2 saturated heterocycles. The molecule has 2 aliphatic heterocycles. The van der Waals surface area contributed by atoms with Gasteiger partial charge in [0.05, 0.1) is 52.1 Å². The minimum absolute atomic E-state index is 0.0383. The van der Waals surface area contributed by atoms with Crippen molar-refractivity contribution in [2.75, 3.05) is 140 Å². The molecule has 0 unspecified atom stereocenters. The number of nitrogens with one attached hydrogen (secondary N) is 8. The van der Waals surface area contributed by atoms with Crippen molar-refractivity contribution in [2.24, 2.45) is 0 Å². The predicted octanol–water partition coefficient (Wildman–Crippen LogP) is 15.0. The van der Waals surface area contributed by atoms with Crippen LogP contribution >= 0.6 is 0 Å². The van der Waals surface area contributed by atoms with Crippen LogP contribution in [0.5, 0.6) is 0 Å². The predicted molar refractivity (Wildman–Crippen MR) is 532 cm³/mol. The van der Waals surface area contributed by atoms with E-state index in [4.69, 9.17) is 4.74 Å². The fraction of sp³-hybridized carbons (Fsp3) is 0.262.